The Hall–Kier alpha value is -12.2. The first-order valence-electron chi connectivity index (χ1n) is 31.6. The second-order valence-corrected chi connectivity index (χ2v) is 24.8. The Balaban J connectivity index is 0.695. The fourth-order valence-corrected chi connectivity index (χ4v) is 15.5. The van der Waals surface area contributed by atoms with E-state index in [1.54, 1.807) is 0 Å². The Kier molecular flexibility index (Phi) is 10.8. The van der Waals surface area contributed by atoms with Gasteiger partial charge in [-0.3, -0.25) is 4.98 Å². The van der Waals surface area contributed by atoms with Crippen molar-refractivity contribution in [1.29, 1.82) is 0 Å². The van der Waals surface area contributed by atoms with Gasteiger partial charge in [0.15, 0.2) is 17.5 Å². The summed E-state index contributed by atoms with van der Waals surface area (Å²) in [6.45, 7) is 0. The van der Waals surface area contributed by atoms with Crippen LogP contribution in [0.15, 0.2) is 304 Å². The van der Waals surface area contributed by atoms with E-state index in [-0.39, 0.29) is 0 Å². The summed E-state index contributed by atoms with van der Waals surface area (Å²) in [5, 5.41) is 19.5. The SMILES string of the molecule is c1ccc(-c2nc(-c3cccc(-c4cccc5c6c(ccc45)-c4cc5ccccc5c5c(-c7cncc(-c8ccc9cc(-c%10ccc%11ccccc%11c%10)ccc9c8)c7)ccc-6c45)c3)nc(-c3ccc4c5c(cc6ccccc6c35)-c3ccc5ccccc5c3-4)n2)cc1. The molecule has 2 aliphatic carbocycles. The van der Waals surface area contributed by atoms with Crippen LogP contribution >= 0.6 is 0 Å². The molecule has 0 saturated carbocycles. The summed E-state index contributed by atoms with van der Waals surface area (Å²) in [6.07, 6.45) is 4.04. The predicted octanol–water partition coefficient (Wildman–Crippen LogP) is 23.5. The zero-order valence-corrected chi connectivity index (χ0v) is 49.7. The molecular formula is C88H50N4. The van der Waals surface area contributed by atoms with Crippen LogP contribution in [0.5, 0.6) is 0 Å². The molecule has 0 bridgehead atoms. The van der Waals surface area contributed by atoms with Gasteiger partial charge in [0.05, 0.1) is 0 Å². The molecular weight excluding hydrogens is 1110 g/mol. The van der Waals surface area contributed by atoms with E-state index in [1.807, 2.05) is 18.5 Å². The second kappa shape index (κ2) is 19.6. The third kappa shape index (κ3) is 7.65. The van der Waals surface area contributed by atoms with Crippen LogP contribution in [0.1, 0.15) is 0 Å². The summed E-state index contributed by atoms with van der Waals surface area (Å²) in [5.74, 6) is 1.89. The minimum absolute atomic E-state index is 0.619. The molecule has 0 amide bonds. The highest BCUT2D eigenvalue weighted by molar-refractivity contribution is 6.31. The van der Waals surface area contributed by atoms with Crippen molar-refractivity contribution >= 4 is 86.2 Å². The molecule has 0 saturated heterocycles. The number of hydrogen-bond acceptors (Lipinski definition) is 4. The minimum Gasteiger partial charge on any atom is -0.263 e. The van der Waals surface area contributed by atoms with Gasteiger partial charge in [-0.1, -0.05) is 243 Å². The van der Waals surface area contributed by atoms with Crippen LogP contribution < -0.4 is 0 Å². The summed E-state index contributed by atoms with van der Waals surface area (Å²) in [4.78, 5) is 21.2. The molecule has 4 nitrogen and oxygen atoms in total. The van der Waals surface area contributed by atoms with Crippen molar-refractivity contribution in [1.82, 2.24) is 19.9 Å². The lowest BCUT2D eigenvalue weighted by Crippen LogP contribution is -2.01. The summed E-state index contributed by atoms with van der Waals surface area (Å²) >= 11 is 0. The molecule has 20 rings (SSSR count). The van der Waals surface area contributed by atoms with Gasteiger partial charge in [0.25, 0.3) is 0 Å². The molecule has 0 radical (unpaired) electrons. The van der Waals surface area contributed by atoms with Crippen LogP contribution in [-0.2, 0) is 0 Å². The quantitative estimate of drug-likeness (QED) is 0.149. The van der Waals surface area contributed by atoms with E-state index < -0.39 is 0 Å². The maximum Gasteiger partial charge on any atom is 0.164 e. The molecule has 0 unspecified atom stereocenters. The predicted molar refractivity (Wildman–Crippen MR) is 385 cm³/mol. The minimum atomic E-state index is 0.619. The molecule has 2 aliphatic rings. The molecule has 18 aromatic rings. The molecule has 2 aromatic heterocycles. The number of nitrogens with zero attached hydrogens (tertiary/aromatic N) is 4. The van der Waals surface area contributed by atoms with Crippen molar-refractivity contribution in [3.8, 4) is 123 Å². The van der Waals surface area contributed by atoms with Gasteiger partial charge in [-0.25, -0.2) is 15.0 Å². The average Bonchev–Trinajstić information content (AvgIpc) is 1.54. The monoisotopic (exact) mass is 1160 g/mol. The van der Waals surface area contributed by atoms with Gasteiger partial charge in [-0.15, -0.1) is 0 Å². The van der Waals surface area contributed by atoms with Crippen LogP contribution in [0.2, 0.25) is 0 Å². The Morgan fingerprint density at radius 1 is 0.174 bits per heavy atom. The summed E-state index contributed by atoms with van der Waals surface area (Å²) < 4.78 is 0. The lowest BCUT2D eigenvalue weighted by molar-refractivity contribution is 1.08. The van der Waals surface area contributed by atoms with Gasteiger partial charge in [0.1, 0.15) is 0 Å². The standard InChI is InChI=1S/C88H50N4/c1-2-16-53(17-3-1)86-90-87(92-88(91-86)77-41-40-75-80-67-23-9-6-15-52(67)34-35-73(80)78-48-62-20-8-11-25-69(62)83(77)85(75)78)63-22-12-21-60(45-63)66-26-13-27-72-71(66)37-38-74-79-47-61-19-7-10-24-68(61)82-70(36-39-76(81(72)74)84(79)82)65-46-64(49-89-50-65)59-33-32-57-43-56(30-31-58(57)44-59)55-29-28-51-14-4-5-18-54(51)42-55/h1-50H. The summed E-state index contributed by atoms with van der Waals surface area (Å²) in [7, 11) is 0. The zero-order chi connectivity index (χ0) is 60.1. The molecule has 0 aliphatic heterocycles. The number of rotatable bonds is 7. The summed E-state index contributed by atoms with van der Waals surface area (Å²) in [6, 6.07) is 107. The molecule has 0 fully saturated rings. The largest absolute Gasteiger partial charge is 0.263 e. The Labute approximate surface area is 529 Å². The van der Waals surface area contributed by atoms with Crippen LogP contribution in [0.4, 0.5) is 0 Å². The number of hydrogen-bond donors (Lipinski definition) is 0. The van der Waals surface area contributed by atoms with Crippen molar-refractivity contribution < 1.29 is 0 Å². The van der Waals surface area contributed by atoms with Crippen molar-refractivity contribution in [3.05, 3.63) is 304 Å². The van der Waals surface area contributed by atoms with Gasteiger partial charge in [-0.2, -0.15) is 0 Å². The van der Waals surface area contributed by atoms with Crippen molar-refractivity contribution in [2.45, 2.75) is 0 Å². The van der Waals surface area contributed by atoms with Crippen molar-refractivity contribution in [2.24, 2.45) is 0 Å². The first kappa shape index (κ1) is 50.7. The van der Waals surface area contributed by atoms with Gasteiger partial charge < -0.3 is 0 Å². The normalized spacial score (nSPS) is 12.1. The lowest BCUT2D eigenvalue weighted by atomic mass is 9.89. The maximum absolute atomic E-state index is 5.50. The maximum atomic E-state index is 5.50. The molecule has 0 spiro atoms. The van der Waals surface area contributed by atoms with E-state index in [9.17, 15) is 0 Å². The van der Waals surface area contributed by atoms with Crippen molar-refractivity contribution in [2.75, 3.05) is 0 Å². The highest BCUT2D eigenvalue weighted by atomic mass is 15.0. The number of aromatic nitrogens is 4. The van der Waals surface area contributed by atoms with E-state index in [0.29, 0.717) is 17.5 Å². The topological polar surface area (TPSA) is 51.6 Å². The van der Waals surface area contributed by atoms with Crippen LogP contribution in [0.25, 0.3) is 209 Å². The Bertz CT molecular complexity index is 6260. The highest BCUT2D eigenvalue weighted by Gasteiger charge is 2.30. The number of pyridine rings is 1. The fourth-order valence-electron chi connectivity index (χ4n) is 15.5. The van der Waals surface area contributed by atoms with E-state index in [4.69, 9.17) is 19.9 Å². The van der Waals surface area contributed by atoms with Crippen LogP contribution in [0, 0.1) is 0 Å². The van der Waals surface area contributed by atoms with Gasteiger partial charge >= 0.3 is 0 Å². The highest BCUT2D eigenvalue weighted by Crippen LogP contribution is 2.56. The first-order chi connectivity index (χ1) is 45.6. The third-order valence-electron chi connectivity index (χ3n) is 19.8. The van der Waals surface area contributed by atoms with E-state index in [2.05, 4.69) is 285 Å². The molecule has 0 N–H and O–H groups in total. The molecule has 4 heteroatoms. The Morgan fingerprint density at radius 2 is 0.630 bits per heavy atom. The second-order valence-electron chi connectivity index (χ2n) is 24.8. The number of benzene rings is 16. The molecule has 16 aromatic carbocycles. The average molecular weight is 1160 g/mol. The van der Waals surface area contributed by atoms with E-state index in [1.165, 1.54) is 142 Å². The zero-order valence-electron chi connectivity index (χ0n) is 49.7. The van der Waals surface area contributed by atoms with Gasteiger partial charge in [0, 0.05) is 45.6 Å². The molecule has 0 atom stereocenters. The van der Waals surface area contributed by atoms with Crippen LogP contribution in [0.3, 0.4) is 0 Å². The summed E-state index contributed by atoms with van der Waals surface area (Å²) in [5.41, 5.74) is 22.0. The molecule has 92 heavy (non-hydrogen) atoms. The fraction of sp³-hybridized carbons (Fsp3) is 0. The molecule has 422 valence electrons. The smallest absolute Gasteiger partial charge is 0.164 e. The Morgan fingerprint density at radius 3 is 1.35 bits per heavy atom. The first-order valence-corrected chi connectivity index (χ1v) is 31.6. The molecule has 2 heterocycles. The van der Waals surface area contributed by atoms with Gasteiger partial charge in [0.2, 0.25) is 0 Å². The van der Waals surface area contributed by atoms with Crippen molar-refractivity contribution in [3.63, 3.8) is 0 Å². The third-order valence-corrected chi connectivity index (χ3v) is 19.8. The lowest BCUT2D eigenvalue weighted by Gasteiger charge is -2.15. The van der Waals surface area contributed by atoms with Crippen LogP contribution in [-0.4, -0.2) is 19.9 Å². The number of fused-ring (bicyclic) bond motifs is 16. The van der Waals surface area contributed by atoms with E-state index in [0.717, 1.165) is 49.9 Å². The van der Waals surface area contributed by atoms with E-state index >= 15 is 0 Å². The van der Waals surface area contributed by atoms with Gasteiger partial charge in [-0.05, 0) is 207 Å².